The molecule has 3 aromatic rings. The van der Waals surface area contributed by atoms with Crippen LogP contribution in [0.4, 0.5) is 0 Å². The van der Waals surface area contributed by atoms with Crippen LogP contribution in [0.2, 0.25) is 0 Å². The first-order valence-electron chi connectivity index (χ1n) is 8.73. The van der Waals surface area contributed by atoms with Crippen LogP contribution in [0.3, 0.4) is 0 Å². The van der Waals surface area contributed by atoms with E-state index in [4.69, 9.17) is 0 Å². The van der Waals surface area contributed by atoms with Gasteiger partial charge in [-0.05, 0) is 61.9 Å². The van der Waals surface area contributed by atoms with Crippen LogP contribution in [0, 0.1) is 13.8 Å². The van der Waals surface area contributed by atoms with Gasteiger partial charge in [0.1, 0.15) is 0 Å². The Morgan fingerprint density at radius 2 is 1.92 bits per heavy atom. The summed E-state index contributed by atoms with van der Waals surface area (Å²) in [5.74, 6) is 0.384. The molecule has 7 heteroatoms. The summed E-state index contributed by atoms with van der Waals surface area (Å²) in [5.41, 5.74) is 3.56. The van der Waals surface area contributed by atoms with Crippen molar-refractivity contribution in [2.24, 2.45) is 0 Å². The van der Waals surface area contributed by atoms with Crippen molar-refractivity contribution in [2.75, 3.05) is 13.1 Å². The van der Waals surface area contributed by atoms with Crippen LogP contribution in [0.15, 0.2) is 40.9 Å². The molecule has 1 aliphatic heterocycles. The SMILES string of the molecule is Cc1ncc(S(=O)(=O)N2CCC(c3cc4cccnc4cc3C)CC2)s1. The summed E-state index contributed by atoms with van der Waals surface area (Å²) in [6.45, 7) is 5.04. The van der Waals surface area contributed by atoms with Gasteiger partial charge >= 0.3 is 0 Å². The Morgan fingerprint density at radius 1 is 1.15 bits per heavy atom. The Kier molecular flexibility index (Phi) is 4.54. The summed E-state index contributed by atoms with van der Waals surface area (Å²) in [6.07, 6.45) is 4.96. The van der Waals surface area contributed by atoms with Gasteiger partial charge in [0.25, 0.3) is 10.0 Å². The first kappa shape index (κ1) is 17.6. The molecule has 0 saturated carbocycles. The van der Waals surface area contributed by atoms with Gasteiger partial charge in [-0.2, -0.15) is 4.31 Å². The van der Waals surface area contributed by atoms with E-state index in [2.05, 4.69) is 35.1 Å². The number of fused-ring (bicyclic) bond motifs is 1. The third-order valence-electron chi connectivity index (χ3n) is 5.08. The number of piperidine rings is 1. The molecule has 1 aromatic carbocycles. The van der Waals surface area contributed by atoms with Crippen molar-refractivity contribution >= 4 is 32.3 Å². The minimum Gasteiger partial charge on any atom is -0.256 e. The minimum atomic E-state index is -3.41. The first-order chi connectivity index (χ1) is 12.4. The molecule has 5 nitrogen and oxygen atoms in total. The van der Waals surface area contributed by atoms with Crippen molar-refractivity contribution in [1.82, 2.24) is 14.3 Å². The van der Waals surface area contributed by atoms with Crippen LogP contribution in [-0.4, -0.2) is 35.8 Å². The highest BCUT2D eigenvalue weighted by atomic mass is 32.2. The van der Waals surface area contributed by atoms with Crippen LogP contribution in [0.25, 0.3) is 10.9 Å². The minimum absolute atomic E-state index is 0.349. The van der Waals surface area contributed by atoms with Crippen molar-refractivity contribution in [3.63, 3.8) is 0 Å². The predicted molar refractivity (Wildman–Crippen MR) is 104 cm³/mol. The highest BCUT2D eigenvalue weighted by Crippen LogP contribution is 2.34. The average molecular weight is 388 g/mol. The number of hydrogen-bond acceptors (Lipinski definition) is 5. The van der Waals surface area contributed by atoms with Gasteiger partial charge in [-0.1, -0.05) is 6.07 Å². The molecule has 26 heavy (non-hydrogen) atoms. The van der Waals surface area contributed by atoms with E-state index in [0.717, 1.165) is 28.8 Å². The highest BCUT2D eigenvalue weighted by molar-refractivity contribution is 7.91. The molecule has 0 aliphatic carbocycles. The summed E-state index contributed by atoms with van der Waals surface area (Å²) >= 11 is 1.24. The lowest BCUT2D eigenvalue weighted by Gasteiger charge is -2.31. The summed E-state index contributed by atoms with van der Waals surface area (Å²) in [6, 6.07) is 8.39. The molecule has 3 heterocycles. The highest BCUT2D eigenvalue weighted by Gasteiger charge is 2.31. The van der Waals surface area contributed by atoms with Crippen LogP contribution in [0.1, 0.15) is 34.9 Å². The number of rotatable bonds is 3. The van der Waals surface area contributed by atoms with E-state index in [1.165, 1.54) is 28.7 Å². The molecule has 0 spiro atoms. The maximum absolute atomic E-state index is 12.8. The Balaban J connectivity index is 1.54. The maximum atomic E-state index is 12.8. The molecule has 0 radical (unpaired) electrons. The van der Waals surface area contributed by atoms with Crippen molar-refractivity contribution < 1.29 is 8.42 Å². The fraction of sp³-hybridized carbons (Fsp3) is 0.368. The molecular weight excluding hydrogens is 366 g/mol. The van der Waals surface area contributed by atoms with Gasteiger partial charge in [0.05, 0.1) is 16.7 Å². The summed E-state index contributed by atoms with van der Waals surface area (Å²) in [7, 11) is -3.41. The van der Waals surface area contributed by atoms with E-state index in [-0.39, 0.29) is 0 Å². The number of sulfonamides is 1. The second-order valence-electron chi connectivity index (χ2n) is 6.78. The summed E-state index contributed by atoms with van der Waals surface area (Å²) in [4.78, 5) is 8.50. The zero-order chi connectivity index (χ0) is 18.3. The molecule has 2 aromatic heterocycles. The van der Waals surface area contributed by atoms with Gasteiger partial charge in [-0.3, -0.25) is 4.98 Å². The number of hydrogen-bond donors (Lipinski definition) is 0. The fourth-order valence-electron chi connectivity index (χ4n) is 3.68. The normalized spacial score (nSPS) is 17.0. The van der Waals surface area contributed by atoms with Gasteiger partial charge in [-0.25, -0.2) is 13.4 Å². The summed E-state index contributed by atoms with van der Waals surface area (Å²) in [5, 5.41) is 1.92. The lowest BCUT2D eigenvalue weighted by atomic mass is 9.86. The molecule has 1 fully saturated rings. The van der Waals surface area contributed by atoms with Crippen molar-refractivity contribution in [1.29, 1.82) is 0 Å². The second kappa shape index (κ2) is 6.72. The monoisotopic (exact) mass is 387 g/mol. The smallest absolute Gasteiger partial charge is 0.254 e. The molecule has 4 rings (SSSR count). The van der Waals surface area contributed by atoms with E-state index in [1.54, 1.807) is 4.31 Å². The number of aryl methyl sites for hydroxylation is 2. The standard InChI is InChI=1S/C19H21N3O2S2/c1-13-10-18-16(4-3-7-20-18)11-17(13)15-5-8-22(9-6-15)26(23,24)19-12-21-14(2)25-19/h3-4,7,10-12,15H,5-6,8-9H2,1-2H3. The molecule has 0 atom stereocenters. The van der Waals surface area contributed by atoms with Crippen molar-refractivity contribution in [3.05, 3.63) is 52.8 Å². The van der Waals surface area contributed by atoms with E-state index < -0.39 is 10.0 Å². The third-order valence-corrected chi connectivity index (χ3v) is 8.33. The van der Waals surface area contributed by atoms with Gasteiger partial charge < -0.3 is 0 Å². The largest absolute Gasteiger partial charge is 0.256 e. The number of nitrogens with zero attached hydrogens (tertiary/aromatic N) is 3. The van der Waals surface area contributed by atoms with Crippen LogP contribution in [0.5, 0.6) is 0 Å². The Labute approximate surface area is 157 Å². The van der Waals surface area contributed by atoms with E-state index in [9.17, 15) is 8.42 Å². The topological polar surface area (TPSA) is 63.2 Å². The Hall–Kier alpha value is -1.83. The molecule has 1 saturated heterocycles. The molecule has 0 N–H and O–H groups in total. The van der Waals surface area contributed by atoms with Crippen LogP contribution in [-0.2, 0) is 10.0 Å². The molecule has 0 unspecified atom stereocenters. The fourth-order valence-corrected chi connectivity index (χ4v) is 6.41. The van der Waals surface area contributed by atoms with Gasteiger partial charge in [0, 0.05) is 24.7 Å². The number of benzene rings is 1. The molecule has 0 amide bonds. The zero-order valence-corrected chi connectivity index (χ0v) is 16.5. The molecular formula is C19H21N3O2S2. The van der Waals surface area contributed by atoms with E-state index in [0.29, 0.717) is 23.2 Å². The second-order valence-corrected chi connectivity index (χ2v) is 10.2. The number of aromatic nitrogens is 2. The van der Waals surface area contributed by atoms with Crippen LogP contribution >= 0.6 is 11.3 Å². The lowest BCUT2D eigenvalue weighted by molar-refractivity contribution is 0.319. The first-order valence-corrected chi connectivity index (χ1v) is 11.0. The van der Waals surface area contributed by atoms with Crippen molar-refractivity contribution in [3.8, 4) is 0 Å². The third kappa shape index (κ3) is 3.15. The van der Waals surface area contributed by atoms with Gasteiger partial charge in [0.2, 0.25) is 0 Å². The van der Waals surface area contributed by atoms with E-state index >= 15 is 0 Å². The summed E-state index contributed by atoms with van der Waals surface area (Å²) < 4.78 is 27.5. The lowest BCUT2D eigenvalue weighted by Crippen LogP contribution is -2.37. The maximum Gasteiger partial charge on any atom is 0.254 e. The Bertz CT molecular complexity index is 1050. The van der Waals surface area contributed by atoms with Gasteiger partial charge in [0.15, 0.2) is 4.21 Å². The molecule has 136 valence electrons. The number of pyridine rings is 1. The van der Waals surface area contributed by atoms with E-state index in [1.807, 2.05) is 19.2 Å². The molecule has 0 bridgehead atoms. The number of thiazole rings is 1. The van der Waals surface area contributed by atoms with Crippen molar-refractivity contribution in [2.45, 2.75) is 36.8 Å². The average Bonchev–Trinajstić information content (AvgIpc) is 3.08. The van der Waals surface area contributed by atoms with Crippen LogP contribution < -0.4 is 0 Å². The predicted octanol–water partition coefficient (Wildman–Crippen LogP) is 3.88. The van der Waals surface area contributed by atoms with Gasteiger partial charge in [-0.15, -0.1) is 11.3 Å². The Morgan fingerprint density at radius 3 is 2.62 bits per heavy atom. The quantitative estimate of drug-likeness (QED) is 0.684. The zero-order valence-electron chi connectivity index (χ0n) is 14.8. The molecule has 1 aliphatic rings.